The minimum absolute atomic E-state index is 0.127. The van der Waals surface area contributed by atoms with E-state index in [0.29, 0.717) is 5.56 Å². The summed E-state index contributed by atoms with van der Waals surface area (Å²) in [6.45, 7) is 8.39. The van der Waals surface area contributed by atoms with Crippen molar-refractivity contribution >= 4 is 6.29 Å². The van der Waals surface area contributed by atoms with Crippen LogP contribution in [0.3, 0.4) is 0 Å². The van der Waals surface area contributed by atoms with Crippen molar-refractivity contribution in [3.8, 4) is 11.3 Å². The molecule has 0 N–H and O–H groups in total. The summed E-state index contributed by atoms with van der Waals surface area (Å²) in [6.07, 6.45) is 4.92. The zero-order chi connectivity index (χ0) is 14.8. The molecule has 20 heavy (non-hydrogen) atoms. The molecule has 0 saturated carbocycles. The molecular formula is C17H22N2O. The summed E-state index contributed by atoms with van der Waals surface area (Å²) in [5.74, 6) is 0. The van der Waals surface area contributed by atoms with E-state index in [4.69, 9.17) is 0 Å². The fraction of sp³-hybridized carbons (Fsp3) is 0.412. The second kappa shape index (κ2) is 5.61. The highest BCUT2D eigenvalue weighted by molar-refractivity contribution is 5.85. The van der Waals surface area contributed by atoms with Crippen LogP contribution in [0.4, 0.5) is 0 Å². The Labute approximate surface area is 120 Å². The number of hydrogen-bond donors (Lipinski definition) is 0. The zero-order valence-corrected chi connectivity index (χ0v) is 12.7. The van der Waals surface area contributed by atoms with Gasteiger partial charge < -0.3 is 0 Å². The van der Waals surface area contributed by atoms with Crippen LogP contribution in [0.1, 0.15) is 50.0 Å². The third-order valence-electron chi connectivity index (χ3n) is 3.32. The summed E-state index contributed by atoms with van der Waals surface area (Å²) >= 11 is 0. The lowest BCUT2D eigenvalue weighted by atomic mass is 10.0. The molecule has 1 aromatic heterocycles. The van der Waals surface area contributed by atoms with Crippen LogP contribution in [0.15, 0.2) is 30.5 Å². The first-order valence-corrected chi connectivity index (χ1v) is 7.10. The lowest BCUT2D eigenvalue weighted by Gasteiger charge is -2.18. The van der Waals surface area contributed by atoms with Gasteiger partial charge in [-0.25, -0.2) is 0 Å². The SMILES string of the molecule is CCCc1ccc(-c2nn(C(C)(C)C)cc2C=O)cc1. The molecule has 0 aliphatic carbocycles. The lowest BCUT2D eigenvalue weighted by Crippen LogP contribution is -2.22. The molecule has 0 fully saturated rings. The lowest BCUT2D eigenvalue weighted by molar-refractivity contribution is 0.112. The summed E-state index contributed by atoms with van der Waals surface area (Å²) in [7, 11) is 0. The molecule has 3 nitrogen and oxygen atoms in total. The summed E-state index contributed by atoms with van der Waals surface area (Å²) in [5.41, 5.74) is 3.59. The monoisotopic (exact) mass is 270 g/mol. The number of aryl methyl sites for hydroxylation is 1. The molecule has 0 saturated heterocycles. The molecule has 0 aliphatic heterocycles. The van der Waals surface area contributed by atoms with Gasteiger partial charge in [-0.3, -0.25) is 9.48 Å². The van der Waals surface area contributed by atoms with E-state index in [1.807, 2.05) is 23.0 Å². The number of aldehydes is 1. The van der Waals surface area contributed by atoms with Crippen molar-refractivity contribution in [3.63, 3.8) is 0 Å². The van der Waals surface area contributed by atoms with Gasteiger partial charge in [0.15, 0.2) is 6.29 Å². The van der Waals surface area contributed by atoms with Gasteiger partial charge in [0.25, 0.3) is 0 Å². The second-order valence-corrected chi connectivity index (χ2v) is 6.11. The first-order chi connectivity index (χ1) is 9.45. The summed E-state index contributed by atoms with van der Waals surface area (Å²) in [4.78, 5) is 11.3. The average Bonchev–Trinajstić information content (AvgIpc) is 2.84. The van der Waals surface area contributed by atoms with Gasteiger partial charge >= 0.3 is 0 Å². The van der Waals surface area contributed by atoms with Crippen LogP contribution in [0.2, 0.25) is 0 Å². The Morgan fingerprint density at radius 1 is 1.20 bits per heavy atom. The number of aromatic nitrogens is 2. The van der Waals surface area contributed by atoms with Crippen molar-refractivity contribution < 1.29 is 4.79 Å². The van der Waals surface area contributed by atoms with Crippen molar-refractivity contribution in [3.05, 3.63) is 41.6 Å². The van der Waals surface area contributed by atoms with Gasteiger partial charge in [-0.15, -0.1) is 0 Å². The van der Waals surface area contributed by atoms with Gasteiger partial charge in [0.2, 0.25) is 0 Å². The maximum absolute atomic E-state index is 11.3. The molecule has 2 rings (SSSR count). The van der Waals surface area contributed by atoms with Crippen LogP contribution < -0.4 is 0 Å². The highest BCUT2D eigenvalue weighted by Gasteiger charge is 2.18. The van der Waals surface area contributed by atoms with E-state index in [-0.39, 0.29) is 5.54 Å². The summed E-state index contributed by atoms with van der Waals surface area (Å²) < 4.78 is 1.85. The van der Waals surface area contributed by atoms with E-state index in [1.54, 1.807) is 0 Å². The molecule has 0 spiro atoms. The molecule has 0 bridgehead atoms. The van der Waals surface area contributed by atoms with E-state index in [2.05, 4.69) is 44.9 Å². The Morgan fingerprint density at radius 2 is 1.85 bits per heavy atom. The summed E-state index contributed by atoms with van der Waals surface area (Å²) in [5, 5.41) is 4.58. The average molecular weight is 270 g/mol. The van der Waals surface area contributed by atoms with Crippen molar-refractivity contribution in [1.82, 2.24) is 9.78 Å². The molecule has 1 aromatic carbocycles. The first-order valence-electron chi connectivity index (χ1n) is 7.10. The van der Waals surface area contributed by atoms with Gasteiger partial charge in [-0.1, -0.05) is 37.6 Å². The molecule has 0 unspecified atom stereocenters. The fourth-order valence-electron chi connectivity index (χ4n) is 2.16. The topological polar surface area (TPSA) is 34.9 Å². The zero-order valence-electron chi connectivity index (χ0n) is 12.7. The van der Waals surface area contributed by atoms with Crippen LogP contribution in [-0.2, 0) is 12.0 Å². The molecule has 3 heteroatoms. The van der Waals surface area contributed by atoms with Crippen molar-refractivity contribution in [2.24, 2.45) is 0 Å². The molecule has 0 aliphatic rings. The maximum atomic E-state index is 11.3. The van der Waals surface area contributed by atoms with Crippen LogP contribution >= 0.6 is 0 Å². The fourth-order valence-corrected chi connectivity index (χ4v) is 2.16. The van der Waals surface area contributed by atoms with Crippen molar-refractivity contribution in [2.75, 3.05) is 0 Å². The second-order valence-electron chi connectivity index (χ2n) is 6.11. The maximum Gasteiger partial charge on any atom is 0.153 e. The Hall–Kier alpha value is -1.90. The molecule has 0 amide bonds. The van der Waals surface area contributed by atoms with Gasteiger partial charge in [-0.05, 0) is 32.8 Å². The normalized spacial score (nSPS) is 11.6. The Morgan fingerprint density at radius 3 is 2.35 bits per heavy atom. The highest BCUT2D eigenvalue weighted by atomic mass is 16.1. The van der Waals surface area contributed by atoms with Gasteiger partial charge in [0.05, 0.1) is 11.1 Å². The molecular weight excluding hydrogens is 248 g/mol. The highest BCUT2D eigenvalue weighted by Crippen LogP contribution is 2.24. The Balaban J connectivity index is 2.41. The van der Waals surface area contributed by atoms with E-state index in [9.17, 15) is 4.79 Å². The van der Waals surface area contributed by atoms with Crippen LogP contribution in [-0.4, -0.2) is 16.1 Å². The molecule has 0 radical (unpaired) electrons. The third kappa shape index (κ3) is 2.98. The molecule has 1 heterocycles. The number of carbonyl (C=O) groups is 1. The third-order valence-corrected chi connectivity index (χ3v) is 3.32. The van der Waals surface area contributed by atoms with Crippen molar-refractivity contribution in [2.45, 2.75) is 46.1 Å². The molecule has 106 valence electrons. The van der Waals surface area contributed by atoms with Crippen molar-refractivity contribution in [1.29, 1.82) is 0 Å². The predicted molar refractivity (Wildman–Crippen MR) is 82.0 cm³/mol. The van der Waals surface area contributed by atoms with Gasteiger partial charge in [0, 0.05) is 11.8 Å². The van der Waals surface area contributed by atoms with Crippen LogP contribution in [0, 0.1) is 0 Å². The van der Waals surface area contributed by atoms with E-state index in [1.165, 1.54) is 5.56 Å². The number of rotatable bonds is 4. The number of nitrogens with zero attached hydrogens (tertiary/aromatic N) is 2. The number of benzene rings is 1. The summed E-state index contributed by atoms with van der Waals surface area (Å²) in [6, 6.07) is 8.33. The van der Waals surface area contributed by atoms with Gasteiger partial charge in [0.1, 0.15) is 5.69 Å². The minimum atomic E-state index is -0.127. The smallest absolute Gasteiger partial charge is 0.153 e. The van der Waals surface area contributed by atoms with E-state index < -0.39 is 0 Å². The van der Waals surface area contributed by atoms with Gasteiger partial charge in [-0.2, -0.15) is 5.10 Å². The molecule has 0 atom stereocenters. The van der Waals surface area contributed by atoms with E-state index in [0.717, 1.165) is 30.4 Å². The quantitative estimate of drug-likeness (QED) is 0.785. The number of hydrogen-bond acceptors (Lipinski definition) is 2. The Bertz CT molecular complexity index is 588. The van der Waals surface area contributed by atoms with E-state index >= 15 is 0 Å². The number of carbonyl (C=O) groups excluding carboxylic acids is 1. The Kier molecular flexibility index (Phi) is 4.07. The predicted octanol–water partition coefficient (Wildman–Crippen LogP) is 4.07. The van der Waals surface area contributed by atoms with Crippen LogP contribution in [0.5, 0.6) is 0 Å². The molecule has 2 aromatic rings. The standard InChI is InChI=1S/C17H22N2O/c1-5-6-13-7-9-14(10-8-13)16-15(12-20)11-19(18-16)17(2,3)4/h7-12H,5-6H2,1-4H3. The van der Waals surface area contributed by atoms with Crippen LogP contribution in [0.25, 0.3) is 11.3 Å². The largest absolute Gasteiger partial charge is 0.298 e. The first kappa shape index (κ1) is 14.5. The minimum Gasteiger partial charge on any atom is -0.298 e.